The van der Waals surface area contributed by atoms with E-state index in [2.05, 4.69) is 28.0 Å². The standard InChI is InChI=1S/C16H22ClN3/c17-11-12-4-5-14-15(10-12)20-9-8-19(13-2-1-3-13)7-6-16(20)18-14/h4-5,10,13-15H,1-3,6-9,11H2. The van der Waals surface area contributed by atoms with Gasteiger partial charge in [0.05, 0.1) is 12.1 Å². The minimum absolute atomic E-state index is 0.326. The van der Waals surface area contributed by atoms with E-state index in [0.29, 0.717) is 18.0 Å². The molecule has 0 aromatic rings. The zero-order chi connectivity index (χ0) is 13.5. The zero-order valence-electron chi connectivity index (χ0n) is 11.8. The molecule has 2 atom stereocenters. The highest BCUT2D eigenvalue weighted by Gasteiger charge is 2.37. The quantitative estimate of drug-likeness (QED) is 0.728. The van der Waals surface area contributed by atoms with Crippen molar-refractivity contribution in [2.75, 3.05) is 25.5 Å². The molecule has 0 aromatic carbocycles. The fraction of sp³-hybridized carbons (Fsp3) is 0.688. The highest BCUT2D eigenvalue weighted by molar-refractivity contribution is 6.19. The van der Waals surface area contributed by atoms with Crippen LogP contribution in [0, 0.1) is 0 Å². The average Bonchev–Trinajstić information content (AvgIpc) is 2.64. The summed E-state index contributed by atoms with van der Waals surface area (Å²) >= 11 is 5.99. The van der Waals surface area contributed by atoms with Gasteiger partial charge < -0.3 is 4.90 Å². The van der Waals surface area contributed by atoms with Gasteiger partial charge in [-0.1, -0.05) is 24.6 Å². The van der Waals surface area contributed by atoms with Gasteiger partial charge in [0, 0.05) is 38.0 Å². The van der Waals surface area contributed by atoms with Crippen molar-refractivity contribution in [3.63, 3.8) is 0 Å². The minimum atomic E-state index is 0.326. The van der Waals surface area contributed by atoms with E-state index in [1.165, 1.54) is 43.8 Å². The predicted molar refractivity (Wildman–Crippen MR) is 83.5 cm³/mol. The summed E-state index contributed by atoms with van der Waals surface area (Å²) in [5.74, 6) is 1.93. The van der Waals surface area contributed by atoms with Crippen LogP contribution in [0.4, 0.5) is 0 Å². The van der Waals surface area contributed by atoms with Crippen LogP contribution in [0.1, 0.15) is 25.7 Å². The molecule has 0 amide bonds. The molecule has 0 bridgehead atoms. The smallest absolute Gasteiger partial charge is 0.102 e. The molecule has 108 valence electrons. The Morgan fingerprint density at radius 2 is 2.15 bits per heavy atom. The molecule has 4 aliphatic rings. The van der Waals surface area contributed by atoms with Crippen LogP contribution in [0.2, 0.25) is 0 Å². The van der Waals surface area contributed by atoms with Crippen molar-refractivity contribution in [2.24, 2.45) is 4.99 Å². The van der Waals surface area contributed by atoms with Gasteiger partial charge in [-0.3, -0.25) is 9.89 Å². The Morgan fingerprint density at radius 1 is 1.25 bits per heavy atom. The van der Waals surface area contributed by atoms with Gasteiger partial charge in [-0.15, -0.1) is 11.6 Å². The van der Waals surface area contributed by atoms with Crippen molar-refractivity contribution in [3.05, 3.63) is 23.8 Å². The van der Waals surface area contributed by atoms with Gasteiger partial charge in [0.25, 0.3) is 0 Å². The number of allylic oxidation sites excluding steroid dienone is 2. The first kappa shape index (κ1) is 12.9. The zero-order valence-corrected chi connectivity index (χ0v) is 12.6. The molecule has 4 rings (SSSR count). The van der Waals surface area contributed by atoms with Gasteiger partial charge in [0.2, 0.25) is 0 Å². The highest BCUT2D eigenvalue weighted by atomic mass is 35.5. The largest absolute Gasteiger partial charge is 0.350 e. The number of halogens is 1. The van der Waals surface area contributed by atoms with Crippen LogP contribution in [0.25, 0.3) is 0 Å². The number of aliphatic imine (C=N–C) groups is 1. The van der Waals surface area contributed by atoms with Crippen molar-refractivity contribution in [1.82, 2.24) is 9.80 Å². The molecule has 1 saturated heterocycles. The number of hydrogen-bond acceptors (Lipinski definition) is 3. The second kappa shape index (κ2) is 5.19. The molecule has 0 radical (unpaired) electrons. The Balaban J connectivity index is 1.51. The molecule has 0 N–H and O–H groups in total. The number of hydrogen-bond donors (Lipinski definition) is 0. The first-order valence-electron chi connectivity index (χ1n) is 7.87. The van der Waals surface area contributed by atoms with Crippen LogP contribution in [0.5, 0.6) is 0 Å². The van der Waals surface area contributed by atoms with Gasteiger partial charge in [0.1, 0.15) is 5.84 Å². The van der Waals surface area contributed by atoms with E-state index in [4.69, 9.17) is 16.6 Å². The maximum Gasteiger partial charge on any atom is 0.102 e. The highest BCUT2D eigenvalue weighted by Crippen LogP contribution is 2.30. The lowest BCUT2D eigenvalue weighted by Gasteiger charge is -2.37. The number of rotatable bonds is 2. The number of amidine groups is 1. The van der Waals surface area contributed by atoms with Gasteiger partial charge in [-0.2, -0.15) is 0 Å². The Hall–Kier alpha value is -0.800. The Bertz CT molecular complexity index is 478. The summed E-state index contributed by atoms with van der Waals surface area (Å²) in [5, 5.41) is 0. The van der Waals surface area contributed by atoms with E-state index in [1.54, 1.807) is 0 Å². The number of fused-ring (bicyclic) bond motifs is 3. The predicted octanol–water partition coefficient (Wildman–Crippen LogP) is 2.43. The van der Waals surface area contributed by atoms with Crippen molar-refractivity contribution in [3.8, 4) is 0 Å². The molecule has 0 aromatic heterocycles. The van der Waals surface area contributed by atoms with Crippen molar-refractivity contribution < 1.29 is 0 Å². The molecule has 3 nitrogen and oxygen atoms in total. The van der Waals surface area contributed by atoms with Gasteiger partial charge >= 0.3 is 0 Å². The Morgan fingerprint density at radius 3 is 2.90 bits per heavy atom. The topological polar surface area (TPSA) is 18.8 Å². The maximum atomic E-state index is 5.99. The lowest BCUT2D eigenvalue weighted by Crippen LogP contribution is -2.44. The van der Waals surface area contributed by atoms with Crippen LogP contribution >= 0.6 is 11.6 Å². The molecule has 2 unspecified atom stereocenters. The van der Waals surface area contributed by atoms with E-state index in [-0.39, 0.29) is 0 Å². The lowest BCUT2D eigenvalue weighted by molar-refractivity contribution is 0.129. The third kappa shape index (κ3) is 2.11. The second-order valence-electron chi connectivity index (χ2n) is 6.32. The average molecular weight is 292 g/mol. The molecule has 2 aliphatic heterocycles. The molecule has 20 heavy (non-hydrogen) atoms. The number of nitrogens with zero attached hydrogens (tertiary/aromatic N) is 3. The molecule has 2 fully saturated rings. The van der Waals surface area contributed by atoms with Crippen LogP contribution in [0.15, 0.2) is 28.8 Å². The summed E-state index contributed by atoms with van der Waals surface area (Å²) in [4.78, 5) is 10.2. The fourth-order valence-corrected chi connectivity index (χ4v) is 3.98. The van der Waals surface area contributed by atoms with E-state index >= 15 is 0 Å². The fourth-order valence-electron chi connectivity index (χ4n) is 3.81. The van der Waals surface area contributed by atoms with Gasteiger partial charge in [-0.25, -0.2) is 0 Å². The van der Waals surface area contributed by atoms with Crippen molar-refractivity contribution in [2.45, 2.75) is 43.8 Å². The molecule has 2 aliphatic carbocycles. The minimum Gasteiger partial charge on any atom is -0.350 e. The van der Waals surface area contributed by atoms with Crippen LogP contribution in [0.3, 0.4) is 0 Å². The molecule has 0 spiro atoms. The summed E-state index contributed by atoms with van der Waals surface area (Å²) in [5.41, 5.74) is 1.24. The maximum absolute atomic E-state index is 5.99. The summed E-state index contributed by atoms with van der Waals surface area (Å²) in [6.45, 7) is 3.51. The van der Waals surface area contributed by atoms with Gasteiger partial charge in [-0.05, 0) is 18.4 Å². The first-order chi connectivity index (χ1) is 9.85. The third-order valence-electron chi connectivity index (χ3n) is 5.23. The van der Waals surface area contributed by atoms with E-state index in [0.717, 1.165) is 19.0 Å². The molecule has 2 heterocycles. The molecule has 4 heteroatoms. The van der Waals surface area contributed by atoms with Gasteiger partial charge in [0.15, 0.2) is 0 Å². The summed E-state index contributed by atoms with van der Waals surface area (Å²) in [7, 11) is 0. The van der Waals surface area contributed by atoms with Crippen LogP contribution < -0.4 is 0 Å². The molecule has 1 saturated carbocycles. The third-order valence-corrected chi connectivity index (χ3v) is 5.54. The normalized spacial score (nSPS) is 34.0. The van der Waals surface area contributed by atoms with Crippen LogP contribution in [-0.2, 0) is 0 Å². The second-order valence-corrected chi connectivity index (χ2v) is 6.59. The first-order valence-corrected chi connectivity index (χ1v) is 8.41. The lowest BCUT2D eigenvalue weighted by atomic mass is 9.91. The molecular formula is C16H22ClN3. The Labute approximate surface area is 126 Å². The summed E-state index contributed by atoms with van der Waals surface area (Å²) in [6, 6.07) is 1.60. The SMILES string of the molecule is ClCC1=CC2C(C=C1)N=C1CCN(C3CCC3)CCN12. The monoisotopic (exact) mass is 291 g/mol. The van der Waals surface area contributed by atoms with Crippen molar-refractivity contribution in [1.29, 1.82) is 0 Å². The summed E-state index contributed by atoms with van der Waals surface area (Å²) < 4.78 is 0. The molecular weight excluding hydrogens is 270 g/mol. The summed E-state index contributed by atoms with van der Waals surface area (Å²) in [6.07, 6.45) is 12.0. The van der Waals surface area contributed by atoms with E-state index < -0.39 is 0 Å². The van der Waals surface area contributed by atoms with Crippen molar-refractivity contribution >= 4 is 17.4 Å². The number of alkyl halides is 1. The van der Waals surface area contributed by atoms with E-state index in [9.17, 15) is 0 Å². The Kier molecular flexibility index (Phi) is 3.35. The van der Waals surface area contributed by atoms with Crippen LogP contribution in [-0.4, -0.2) is 59.3 Å². The van der Waals surface area contributed by atoms with E-state index in [1.807, 2.05) is 0 Å².